The molecule has 2 N–H and O–H groups in total. The Bertz CT molecular complexity index is 158. The van der Waals surface area contributed by atoms with Gasteiger partial charge in [0.15, 0.2) is 0 Å². The van der Waals surface area contributed by atoms with Crippen LogP contribution in [0.2, 0.25) is 0 Å². The van der Waals surface area contributed by atoms with E-state index in [4.69, 9.17) is 5.73 Å². The molecule has 0 aromatic carbocycles. The third-order valence-corrected chi connectivity index (χ3v) is 2.21. The molecule has 0 saturated heterocycles. The number of rotatable bonds is 2. The van der Waals surface area contributed by atoms with Crippen LogP contribution in [0.3, 0.4) is 0 Å². The zero-order valence-corrected chi connectivity index (χ0v) is 6.39. The van der Waals surface area contributed by atoms with Crippen LogP contribution in [0.1, 0.15) is 19.8 Å². The van der Waals surface area contributed by atoms with Crippen LogP contribution in [-0.4, -0.2) is 18.6 Å². The van der Waals surface area contributed by atoms with Crippen molar-refractivity contribution < 1.29 is 9.53 Å². The number of carbonyl (C=O) groups excluding carboxylic acids is 1. The normalized spacial score (nSPS) is 37.3. The van der Waals surface area contributed by atoms with Gasteiger partial charge in [-0.05, 0) is 12.3 Å². The smallest absolute Gasteiger partial charge is 0.326 e. The monoisotopic (exact) mass is 143 g/mol. The first-order chi connectivity index (χ1) is 4.65. The Morgan fingerprint density at radius 1 is 1.90 bits per heavy atom. The Morgan fingerprint density at radius 3 is 2.80 bits per heavy atom. The lowest BCUT2D eigenvalue weighted by molar-refractivity contribution is -0.143. The molecule has 58 valence electrons. The van der Waals surface area contributed by atoms with Crippen molar-refractivity contribution in [2.45, 2.75) is 25.3 Å². The van der Waals surface area contributed by atoms with Gasteiger partial charge in [0.25, 0.3) is 0 Å². The third kappa shape index (κ3) is 0.904. The standard InChI is InChI=1S/C7H13NO2/c1-3-5-4-7(5,8)6(9)10-2/h5H,3-4,8H2,1-2H3/t5-,7-/m1/s1. The number of methoxy groups -OCH3 is 1. The van der Waals surface area contributed by atoms with Crippen molar-refractivity contribution >= 4 is 5.97 Å². The third-order valence-electron chi connectivity index (χ3n) is 2.21. The molecular weight excluding hydrogens is 130 g/mol. The van der Waals surface area contributed by atoms with Gasteiger partial charge >= 0.3 is 5.97 Å². The van der Waals surface area contributed by atoms with Gasteiger partial charge in [-0.15, -0.1) is 0 Å². The molecular formula is C7H13NO2. The second-order valence-corrected chi connectivity index (χ2v) is 2.84. The van der Waals surface area contributed by atoms with Gasteiger partial charge in [0.2, 0.25) is 0 Å². The van der Waals surface area contributed by atoms with E-state index >= 15 is 0 Å². The summed E-state index contributed by atoms with van der Waals surface area (Å²) in [4.78, 5) is 10.9. The lowest BCUT2D eigenvalue weighted by Crippen LogP contribution is -2.36. The molecule has 0 heterocycles. The minimum Gasteiger partial charge on any atom is -0.468 e. The van der Waals surface area contributed by atoms with Gasteiger partial charge in [-0.1, -0.05) is 13.3 Å². The Hall–Kier alpha value is -0.570. The summed E-state index contributed by atoms with van der Waals surface area (Å²) in [5.74, 6) is 0.0827. The summed E-state index contributed by atoms with van der Waals surface area (Å²) in [6.07, 6.45) is 1.75. The molecule has 1 fully saturated rings. The summed E-state index contributed by atoms with van der Waals surface area (Å²) in [5, 5.41) is 0. The van der Waals surface area contributed by atoms with Crippen molar-refractivity contribution in [3.05, 3.63) is 0 Å². The highest BCUT2D eigenvalue weighted by Gasteiger charge is 2.56. The number of esters is 1. The fourth-order valence-electron chi connectivity index (χ4n) is 1.30. The minimum atomic E-state index is -0.635. The summed E-state index contributed by atoms with van der Waals surface area (Å²) in [6.45, 7) is 2.03. The molecule has 0 aromatic heterocycles. The molecule has 0 aromatic rings. The van der Waals surface area contributed by atoms with E-state index in [2.05, 4.69) is 4.74 Å². The lowest BCUT2D eigenvalue weighted by atomic mass is 10.2. The van der Waals surface area contributed by atoms with Gasteiger partial charge < -0.3 is 10.5 Å². The predicted octanol–water partition coefficient (Wildman–Crippen LogP) is 0.287. The molecule has 1 aliphatic rings. The van der Waals surface area contributed by atoms with E-state index in [1.165, 1.54) is 7.11 Å². The van der Waals surface area contributed by atoms with E-state index in [1.54, 1.807) is 0 Å². The molecule has 0 aliphatic heterocycles. The van der Waals surface area contributed by atoms with Gasteiger partial charge in [0.1, 0.15) is 5.54 Å². The van der Waals surface area contributed by atoms with E-state index in [1.807, 2.05) is 6.92 Å². The van der Waals surface area contributed by atoms with Gasteiger partial charge in [-0.2, -0.15) is 0 Å². The van der Waals surface area contributed by atoms with Crippen molar-refractivity contribution in [3.8, 4) is 0 Å². The first kappa shape index (κ1) is 7.54. The summed E-state index contributed by atoms with van der Waals surface area (Å²) in [6, 6.07) is 0. The van der Waals surface area contributed by atoms with Crippen LogP contribution in [0, 0.1) is 5.92 Å². The lowest BCUT2D eigenvalue weighted by Gasteiger charge is -2.06. The number of nitrogens with two attached hydrogens (primary N) is 1. The molecule has 0 unspecified atom stereocenters. The summed E-state index contributed by atoms with van der Waals surface area (Å²) < 4.78 is 4.55. The highest BCUT2D eigenvalue weighted by Crippen LogP contribution is 2.43. The minimum absolute atomic E-state index is 0.264. The van der Waals surface area contributed by atoms with Crippen molar-refractivity contribution in [2.24, 2.45) is 11.7 Å². The number of ether oxygens (including phenoxy) is 1. The largest absolute Gasteiger partial charge is 0.468 e. The Balaban J connectivity index is 2.50. The Labute approximate surface area is 60.5 Å². The molecule has 0 radical (unpaired) electrons. The van der Waals surface area contributed by atoms with Crippen molar-refractivity contribution in [1.29, 1.82) is 0 Å². The predicted molar refractivity (Wildman–Crippen MR) is 37.3 cm³/mol. The molecule has 1 aliphatic carbocycles. The fraction of sp³-hybridized carbons (Fsp3) is 0.857. The molecule has 0 amide bonds. The topological polar surface area (TPSA) is 52.3 Å². The van der Waals surface area contributed by atoms with Crippen LogP contribution in [0.4, 0.5) is 0 Å². The van der Waals surface area contributed by atoms with E-state index in [0.717, 1.165) is 12.8 Å². The van der Waals surface area contributed by atoms with Crippen molar-refractivity contribution in [3.63, 3.8) is 0 Å². The maximum absolute atomic E-state index is 10.9. The summed E-state index contributed by atoms with van der Waals surface area (Å²) in [5.41, 5.74) is 5.05. The molecule has 3 heteroatoms. The second-order valence-electron chi connectivity index (χ2n) is 2.84. The quantitative estimate of drug-likeness (QED) is 0.565. The van der Waals surface area contributed by atoms with Crippen LogP contribution < -0.4 is 5.73 Å². The van der Waals surface area contributed by atoms with E-state index in [-0.39, 0.29) is 5.97 Å². The van der Waals surface area contributed by atoms with E-state index in [0.29, 0.717) is 5.92 Å². The molecule has 0 spiro atoms. The van der Waals surface area contributed by atoms with Crippen LogP contribution in [0.25, 0.3) is 0 Å². The fourth-order valence-corrected chi connectivity index (χ4v) is 1.30. The van der Waals surface area contributed by atoms with Gasteiger partial charge in [-0.3, -0.25) is 4.79 Å². The maximum atomic E-state index is 10.9. The van der Waals surface area contributed by atoms with E-state index in [9.17, 15) is 4.79 Å². The second kappa shape index (κ2) is 2.23. The van der Waals surface area contributed by atoms with Crippen LogP contribution in [0.5, 0.6) is 0 Å². The number of carbonyl (C=O) groups is 1. The van der Waals surface area contributed by atoms with Crippen LogP contribution in [0.15, 0.2) is 0 Å². The zero-order chi connectivity index (χ0) is 7.78. The highest BCUT2D eigenvalue weighted by atomic mass is 16.5. The average Bonchev–Trinajstić information content (AvgIpc) is 2.61. The molecule has 10 heavy (non-hydrogen) atoms. The van der Waals surface area contributed by atoms with Crippen LogP contribution in [-0.2, 0) is 9.53 Å². The summed E-state index contributed by atoms with van der Waals surface area (Å²) in [7, 11) is 1.38. The van der Waals surface area contributed by atoms with Crippen LogP contribution >= 0.6 is 0 Å². The number of hydrogen-bond donors (Lipinski definition) is 1. The zero-order valence-electron chi connectivity index (χ0n) is 6.39. The Kier molecular flexibility index (Phi) is 1.68. The van der Waals surface area contributed by atoms with Crippen molar-refractivity contribution in [1.82, 2.24) is 0 Å². The van der Waals surface area contributed by atoms with Crippen molar-refractivity contribution in [2.75, 3.05) is 7.11 Å². The van der Waals surface area contributed by atoms with Gasteiger partial charge in [0, 0.05) is 0 Å². The SMILES string of the molecule is CC[C@@H]1C[C@]1(N)C(=O)OC. The van der Waals surface area contributed by atoms with Gasteiger partial charge in [-0.25, -0.2) is 0 Å². The molecule has 1 saturated carbocycles. The molecule has 2 atom stereocenters. The molecule has 3 nitrogen and oxygen atoms in total. The maximum Gasteiger partial charge on any atom is 0.326 e. The first-order valence-electron chi connectivity index (χ1n) is 3.52. The molecule has 1 rings (SSSR count). The first-order valence-corrected chi connectivity index (χ1v) is 3.52. The highest BCUT2D eigenvalue weighted by molar-refractivity contribution is 5.84. The average molecular weight is 143 g/mol. The van der Waals surface area contributed by atoms with Gasteiger partial charge in [0.05, 0.1) is 7.11 Å². The summed E-state index contributed by atoms with van der Waals surface area (Å²) >= 11 is 0. The Morgan fingerprint density at radius 2 is 2.50 bits per heavy atom. The molecule has 0 bridgehead atoms. The number of hydrogen-bond acceptors (Lipinski definition) is 3. The van der Waals surface area contributed by atoms with E-state index < -0.39 is 5.54 Å².